The van der Waals surface area contributed by atoms with E-state index in [1.807, 2.05) is 13.8 Å². The number of carbonyl (C=O) groups is 2. The van der Waals surface area contributed by atoms with Crippen LogP contribution < -0.4 is 5.32 Å². The highest BCUT2D eigenvalue weighted by molar-refractivity contribution is 6.30. The molecule has 114 valence electrons. The predicted octanol–water partition coefficient (Wildman–Crippen LogP) is 3.16. The second-order valence-electron chi connectivity index (χ2n) is 6.08. The van der Waals surface area contributed by atoms with Gasteiger partial charge in [-0.2, -0.15) is 0 Å². The summed E-state index contributed by atoms with van der Waals surface area (Å²) in [7, 11) is 0. The van der Waals surface area contributed by atoms with Crippen LogP contribution in [0.2, 0.25) is 5.02 Å². The number of benzene rings is 1. The average Bonchev–Trinajstić information content (AvgIpc) is 3.01. The minimum Gasteiger partial charge on any atom is -0.481 e. The fourth-order valence-electron chi connectivity index (χ4n) is 2.34. The van der Waals surface area contributed by atoms with Gasteiger partial charge in [-0.05, 0) is 29.5 Å². The second-order valence-corrected chi connectivity index (χ2v) is 6.49. The molecule has 0 saturated heterocycles. The zero-order valence-corrected chi connectivity index (χ0v) is 12.6. The molecule has 1 aliphatic rings. The first-order valence-corrected chi connectivity index (χ1v) is 7.05. The highest BCUT2D eigenvalue weighted by Gasteiger charge is 2.50. The Hall–Kier alpha value is -1.62. The number of carboxylic acid groups (broad SMARTS) is 1. The van der Waals surface area contributed by atoms with E-state index >= 15 is 0 Å². The molecule has 1 fully saturated rings. The molecule has 0 radical (unpaired) electrons. The monoisotopic (exact) mass is 313 g/mol. The number of carboxylic acids is 1. The van der Waals surface area contributed by atoms with Crippen LogP contribution in [0, 0.1) is 17.2 Å². The Morgan fingerprint density at radius 2 is 2.14 bits per heavy atom. The SMILES string of the molecule is CC1(C)CC1C(=O)NC(CC(=O)O)c1ccc(Cl)c(F)c1. The second kappa shape index (κ2) is 5.64. The van der Waals surface area contributed by atoms with Gasteiger partial charge in [0, 0.05) is 5.92 Å². The number of halogens is 2. The first-order valence-electron chi connectivity index (χ1n) is 6.68. The van der Waals surface area contributed by atoms with Crippen molar-refractivity contribution in [2.24, 2.45) is 11.3 Å². The maximum Gasteiger partial charge on any atom is 0.305 e. The fraction of sp³-hybridized carbons (Fsp3) is 0.467. The van der Waals surface area contributed by atoms with E-state index in [4.69, 9.17) is 16.7 Å². The van der Waals surface area contributed by atoms with Gasteiger partial charge in [0.2, 0.25) is 5.91 Å². The zero-order valence-electron chi connectivity index (χ0n) is 11.8. The molecule has 21 heavy (non-hydrogen) atoms. The van der Waals surface area contributed by atoms with E-state index in [0.29, 0.717) is 5.56 Å². The minimum atomic E-state index is -1.06. The van der Waals surface area contributed by atoms with Crippen LogP contribution in [0.3, 0.4) is 0 Å². The molecule has 2 rings (SSSR count). The summed E-state index contributed by atoms with van der Waals surface area (Å²) in [6, 6.07) is 3.28. The maximum absolute atomic E-state index is 13.5. The van der Waals surface area contributed by atoms with Gasteiger partial charge in [-0.1, -0.05) is 31.5 Å². The van der Waals surface area contributed by atoms with Crippen molar-refractivity contribution in [2.75, 3.05) is 0 Å². The van der Waals surface area contributed by atoms with Crippen molar-refractivity contribution < 1.29 is 19.1 Å². The number of aliphatic carboxylic acids is 1. The fourth-order valence-corrected chi connectivity index (χ4v) is 2.46. The first kappa shape index (κ1) is 15.8. The molecule has 0 heterocycles. The van der Waals surface area contributed by atoms with Crippen molar-refractivity contribution in [3.8, 4) is 0 Å². The lowest BCUT2D eigenvalue weighted by Crippen LogP contribution is -2.32. The third-order valence-electron chi connectivity index (χ3n) is 3.87. The van der Waals surface area contributed by atoms with E-state index in [2.05, 4.69) is 5.32 Å². The van der Waals surface area contributed by atoms with Crippen LogP contribution in [-0.4, -0.2) is 17.0 Å². The van der Waals surface area contributed by atoms with Crippen LogP contribution in [-0.2, 0) is 9.59 Å². The molecule has 1 amide bonds. The van der Waals surface area contributed by atoms with Crippen molar-refractivity contribution in [3.63, 3.8) is 0 Å². The summed E-state index contributed by atoms with van der Waals surface area (Å²) in [6.45, 7) is 3.96. The Morgan fingerprint density at radius 1 is 1.52 bits per heavy atom. The Bertz CT molecular complexity index is 588. The minimum absolute atomic E-state index is 0.0394. The Kier molecular flexibility index (Phi) is 4.23. The third-order valence-corrected chi connectivity index (χ3v) is 4.18. The third kappa shape index (κ3) is 3.73. The predicted molar refractivity (Wildman–Crippen MR) is 76.4 cm³/mol. The van der Waals surface area contributed by atoms with Gasteiger partial charge in [-0.3, -0.25) is 9.59 Å². The van der Waals surface area contributed by atoms with Crippen molar-refractivity contribution in [2.45, 2.75) is 32.7 Å². The van der Waals surface area contributed by atoms with E-state index in [1.54, 1.807) is 0 Å². The van der Waals surface area contributed by atoms with Crippen LogP contribution >= 0.6 is 11.6 Å². The van der Waals surface area contributed by atoms with Gasteiger partial charge >= 0.3 is 5.97 Å². The van der Waals surface area contributed by atoms with Crippen LogP contribution in [0.25, 0.3) is 0 Å². The van der Waals surface area contributed by atoms with Gasteiger partial charge in [-0.25, -0.2) is 4.39 Å². The molecule has 0 bridgehead atoms. The summed E-state index contributed by atoms with van der Waals surface area (Å²) in [5.74, 6) is -2.01. The first-order chi connectivity index (χ1) is 9.70. The lowest BCUT2D eigenvalue weighted by atomic mass is 10.0. The molecule has 0 spiro atoms. The average molecular weight is 314 g/mol. The van der Waals surface area contributed by atoms with Gasteiger partial charge in [0.15, 0.2) is 0 Å². The number of rotatable bonds is 5. The summed E-state index contributed by atoms with van der Waals surface area (Å²) in [5.41, 5.74) is 0.342. The van der Waals surface area contributed by atoms with Crippen molar-refractivity contribution >= 4 is 23.5 Å². The molecule has 2 unspecified atom stereocenters. The summed E-state index contributed by atoms with van der Waals surface area (Å²) in [6.07, 6.45) is 0.466. The molecule has 4 nitrogen and oxygen atoms in total. The van der Waals surface area contributed by atoms with Crippen molar-refractivity contribution in [3.05, 3.63) is 34.6 Å². The zero-order chi connectivity index (χ0) is 15.8. The summed E-state index contributed by atoms with van der Waals surface area (Å²) < 4.78 is 13.5. The molecule has 1 aromatic carbocycles. The number of amides is 1. The normalized spacial score (nSPS) is 20.7. The number of nitrogens with one attached hydrogen (secondary N) is 1. The molecule has 1 aliphatic carbocycles. The molecular weight excluding hydrogens is 297 g/mol. The number of carbonyl (C=O) groups excluding carboxylic acids is 1. The lowest BCUT2D eigenvalue weighted by molar-refractivity contribution is -0.137. The molecule has 0 aromatic heterocycles. The molecule has 2 N–H and O–H groups in total. The molecule has 2 atom stereocenters. The standard InChI is InChI=1S/C15H17ClFNO3/c1-15(2)7-9(15)14(21)18-12(6-13(19)20)8-3-4-10(16)11(17)5-8/h3-5,9,12H,6-7H2,1-2H3,(H,18,21)(H,19,20). The van der Waals surface area contributed by atoms with E-state index in [9.17, 15) is 14.0 Å². The molecule has 6 heteroatoms. The van der Waals surface area contributed by atoms with Crippen LogP contribution in [0.5, 0.6) is 0 Å². The smallest absolute Gasteiger partial charge is 0.305 e. The molecule has 1 aromatic rings. The quantitative estimate of drug-likeness (QED) is 0.877. The number of hydrogen-bond donors (Lipinski definition) is 2. The topological polar surface area (TPSA) is 66.4 Å². The largest absolute Gasteiger partial charge is 0.481 e. The van der Waals surface area contributed by atoms with Crippen molar-refractivity contribution in [1.29, 1.82) is 0 Å². The van der Waals surface area contributed by atoms with E-state index < -0.39 is 17.8 Å². The van der Waals surface area contributed by atoms with E-state index in [1.165, 1.54) is 12.1 Å². The highest BCUT2D eigenvalue weighted by atomic mass is 35.5. The summed E-state index contributed by atoms with van der Waals surface area (Å²) in [4.78, 5) is 23.1. The van der Waals surface area contributed by atoms with Crippen LogP contribution in [0.1, 0.15) is 38.3 Å². The molecule has 1 saturated carbocycles. The lowest BCUT2D eigenvalue weighted by Gasteiger charge is -2.18. The van der Waals surface area contributed by atoms with E-state index in [-0.39, 0.29) is 28.7 Å². The number of hydrogen-bond acceptors (Lipinski definition) is 2. The summed E-state index contributed by atoms with van der Waals surface area (Å²) in [5, 5.41) is 11.6. The van der Waals surface area contributed by atoms with Crippen LogP contribution in [0.4, 0.5) is 4.39 Å². The molecule has 0 aliphatic heterocycles. The Morgan fingerprint density at radius 3 is 2.62 bits per heavy atom. The van der Waals surface area contributed by atoms with Gasteiger partial charge < -0.3 is 10.4 Å². The summed E-state index contributed by atoms with van der Waals surface area (Å²) >= 11 is 5.62. The van der Waals surface area contributed by atoms with Gasteiger partial charge in [0.05, 0.1) is 17.5 Å². The van der Waals surface area contributed by atoms with E-state index in [0.717, 1.165) is 12.5 Å². The Balaban J connectivity index is 2.16. The maximum atomic E-state index is 13.5. The Labute approximate surface area is 127 Å². The van der Waals surface area contributed by atoms with Crippen LogP contribution in [0.15, 0.2) is 18.2 Å². The highest BCUT2D eigenvalue weighted by Crippen LogP contribution is 2.51. The van der Waals surface area contributed by atoms with Gasteiger partial charge in [0.1, 0.15) is 5.82 Å². The molecular formula is C15H17ClFNO3. The van der Waals surface area contributed by atoms with Gasteiger partial charge in [-0.15, -0.1) is 0 Å². The van der Waals surface area contributed by atoms with Gasteiger partial charge in [0.25, 0.3) is 0 Å². The van der Waals surface area contributed by atoms with Crippen molar-refractivity contribution in [1.82, 2.24) is 5.32 Å².